The van der Waals surface area contributed by atoms with Crippen molar-refractivity contribution in [1.82, 2.24) is 5.32 Å². The molecule has 0 radical (unpaired) electrons. The minimum absolute atomic E-state index is 0.171. The van der Waals surface area contributed by atoms with Crippen LogP contribution >= 0.6 is 0 Å². The fourth-order valence-corrected chi connectivity index (χ4v) is 2.15. The van der Waals surface area contributed by atoms with E-state index < -0.39 is 29.5 Å². The minimum Gasteiger partial charge on any atom is -0.368 e. The Balaban J connectivity index is 2.00. The number of rotatable bonds is 6. The lowest BCUT2D eigenvalue weighted by Gasteiger charge is -2.15. The molecule has 120 valence electrons. The Hall–Kier alpha value is -2.76. The van der Waals surface area contributed by atoms with E-state index in [1.54, 1.807) is 0 Å². The lowest BCUT2D eigenvalue weighted by Crippen LogP contribution is -2.46. The van der Waals surface area contributed by atoms with Gasteiger partial charge in [-0.3, -0.25) is 9.59 Å². The average molecular weight is 318 g/mol. The highest BCUT2D eigenvalue weighted by Crippen LogP contribution is 2.09. The first-order valence-electron chi connectivity index (χ1n) is 7.02. The number of hydrogen-bond acceptors (Lipinski definition) is 2. The van der Waals surface area contributed by atoms with Crippen LogP contribution in [0.3, 0.4) is 0 Å². The van der Waals surface area contributed by atoms with Gasteiger partial charge in [0.2, 0.25) is 11.8 Å². The molecule has 23 heavy (non-hydrogen) atoms. The minimum atomic E-state index is -1.02. The maximum atomic E-state index is 13.1. The smallest absolute Gasteiger partial charge is 0.240 e. The summed E-state index contributed by atoms with van der Waals surface area (Å²) in [6, 6.07) is 11.5. The summed E-state index contributed by atoms with van der Waals surface area (Å²) in [6.45, 7) is 0. The molecule has 0 bridgehead atoms. The third-order valence-electron chi connectivity index (χ3n) is 3.31. The van der Waals surface area contributed by atoms with E-state index in [1.165, 1.54) is 6.07 Å². The van der Waals surface area contributed by atoms with Crippen molar-refractivity contribution in [1.29, 1.82) is 0 Å². The van der Waals surface area contributed by atoms with Crippen molar-refractivity contribution in [2.75, 3.05) is 0 Å². The highest BCUT2D eigenvalue weighted by atomic mass is 19.2. The van der Waals surface area contributed by atoms with Crippen LogP contribution in [0.25, 0.3) is 0 Å². The molecule has 2 rings (SSSR count). The van der Waals surface area contributed by atoms with Gasteiger partial charge in [-0.2, -0.15) is 0 Å². The summed E-state index contributed by atoms with van der Waals surface area (Å²) < 4.78 is 26.0. The van der Waals surface area contributed by atoms with Gasteiger partial charge in [0.25, 0.3) is 0 Å². The fourth-order valence-electron chi connectivity index (χ4n) is 2.15. The first-order chi connectivity index (χ1) is 11.0. The summed E-state index contributed by atoms with van der Waals surface area (Å²) in [7, 11) is 0. The van der Waals surface area contributed by atoms with Crippen LogP contribution in [-0.4, -0.2) is 17.9 Å². The summed E-state index contributed by atoms with van der Waals surface area (Å²) in [4.78, 5) is 23.5. The standard InChI is InChI=1S/C17H16F2N2O2/c18-13-7-6-12(8-14(13)19)10-16(22)21-15(17(20)23)9-11-4-2-1-3-5-11/h1-8,15H,9-10H2,(H2,20,23)(H,21,22)/t15-/m1/s1. The van der Waals surface area contributed by atoms with Crippen LogP contribution in [0.15, 0.2) is 48.5 Å². The molecule has 0 fully saturated rings. The molecule has 0 unspecified atom stereocenters. The van der Waals surface area contributed by atoms with Crippen LogP contribution in [0.4, 0.5) is 8.78 Å². The summed E-state index contributed by atoms with van der Waals surface area (Å²) in [5.41, 5.74) is 6.47. The van der Waals surface area contributed by atoms with Gasteiger partial charge in [0, 0.05) is 6.42 Å². The first-order valence-corrected chi connectivity index (χ1v) is 7.02. The molecular weight excluding hydrogens is 302 g/mol. The molecule has 0 aromatic heterocycles. The van der Waals surface area contributed by atoms with Gasteiger partial charge < -0.3 is 11.1 Å². The predicted octanol–water partition coefficient (Wildman–Crippen LogP) is 1.72. The average Bonchev–Trinajstić information content (AvgIpc) is 2.51. The van der Waals surface area contributed by atoms with Crippen molar-refractivity contribution >= 4 is 11.8 Å². The monoisotopic (exact) mass is 318 g/mol. The normalized spacial score (nSPS) is 11.7. The second-order valence-electron chi connectivity index (χ2n) is 5.14. The highest BCUT2D eigenvalue weighted by Gasteiger charge is 2.19. The third kappa shape index (κ3) is 4.88. The van der Waals surface area contributed by atoms with Gasteiger partial charge in [0.05, 0.1) is 6.42 Å². The van der Waals surface area contributed by atoms with Gasteiger partial charge >= 0.3 is 0 Å². The Morgan fingerprint density at radius 1 is 1.00 bits per heavy atom. The molecule has 2 aromatic rings. The van der Waals surface area contributed by atoms with Gasteiger partial charge in [-0.05, 0) is 23.3 Å². The number of nitrogens with one attached hydrogen (secondary N) is 1. The van der Waals surface area contributed by atoms with Gasteiger partial charge in [-0.25, -0.2) is 8.78 Å². The number of nitrogens with two attached hydrogens (primary N) is 1. The van der Waals surface area contributed by atoms with Crippen LogP contribution in [-0.2, 0) is 22.4 Å². The molecule has 0 spiro atoms. The number of halogens is 2. The van der Waals surface area contributed by atoms with E-state index in [0.717, 1.165) is 17.7 Å². The molecule has 0 aliphatic rings. The Bertz CT molecular complexity index is 705. The number of carbonyl (C=O) groups excluding carboxylic acids is 2. The molecule has 2 aromatic carbocycles. The topological polar surface area (TPSA) is 72.2 Å². The summed E-state index contributed by atoms with van der Waals surface area (Å²) in [5.74, 6) is -3.15. The van der Waals surface area contributed by atoms with Crippen LogP contribution in [0, 0.1) is 11.6 Å². The molecule has 0 heterocycles. The first kappa shape index (κ1) is 16.6. The molecule has 0 saturated carbocycles. The van der Waals surface area contributed by atoms with Crippen LogP contribution in [0.2, 0.25) is 0 Å². The molecule has 0 aliphatic heterocycles. The molecule has 3 N–H and O–H groups in total. The van der Waals surface area contributed by atoms with Crippen molar-refractivity contribution in [2.45, 2.75) is 18.9 Å². The number of hydrogen-bond donors (Lipinski definition) is 2. The molecule has 4 nitrogen and oxygen atoms in total. The SMILES string of the molecule is NC(=O)[C@@H](Cc1ccccc1)NC(=O)Cc1ccc(F)c(F)c1. The molecule has 0 saturated heterocycles. The van der Waals surface area contributed by atoms with E-state index in [1.807, 2.05) is 30.3 Å². The predicted molar refractivity (Wildman–Crippen MR) is 81.3 cm³/mol. The fraction of sp³-hybridized carbons (Fsp3) is 0.176. The lowest BCUT2D eigenvalue weighted by molar-refractivity contribution is -0.127. The van der Waals surface area contributed by atoms with E-state index in [2.05, 4.69) is 5.32 Å². The molecule has 1 atom stereocenters. The van der Waals surface area contributed by atoms with Gasteiger partial charge in [0.1, 0.15) is 6.04 Å². The maximum Gasteiger partial charge on any atom is 0.240 e. The Morgan fingerprint density at radius 2 is 1.70 bits per heavy atom. The van der Waals surface area contributed by atoms with Gasteiger partial charge in [-0.1, -0.05) is 36.4 Å². The van der Waals surface area contributed by atoms with E-state index in [9.17, 15) is 18.4 Å². The van der Waals surface area contributed by atoms with E-state index in [0.29, 0.717) is 5.56 Å². The molecule has 6 heteroatoms. The molecule has 0 aliphatic carbocycles. The van der Waals surface area contributed by atoms with Crippen LogP contribution in [0.1, 0.15) is 11.1 Å². The quantitative estimate of drug-likeness (QED) is 0.851. The number of benzene rings is 2. The Morgan fingerprint density at radius 3 is 2.30 bits per heavy atom. The number of amides is 2. The second kappa shape index (κ2) is 7.49. The molecular formula is C17H16F2N2O2. The number of primary amides is 1. The Kier molecular flexibility index (Phi) is 5.41. The Labute approximate surface area is 132 Å². The largest absolute Gasteiger partial charge is 0.368 e. The zero-order valence-corrected chi connectivity index (χ0v) is 12.3. The van der Waals surface area contributed by atoms with Crippen molar-refractivity contribution in [3.05, 3.63) is 71.3 Å². The maximum absolute atomic E-state index is 13.1. The second-order valence-corrected chi connectivity index (χ2v) is 5.14. The van der Waals surface area contributed by atoms with Gasteiger partial charge in [0.15, 0.2) is 11.6 Å². The zero-order valence-electron chi connectivity index (χ0n) is 12.3. The van der Waals surface area contributed by atoms with E-state index >= 15 is 0 Å². The summed E-state index contributed by atoms with van der Waals surface area (Å²) in [6.07, 6.45) is 0.0927. The summed E-state index contributed by atoms with van der Waals surface area (Å²) >= 11 is 0. The van der Waals surface area contributed by atoms with E-state index in [4.69, 9.17) is 5.73 Å². The molecule has 2 amide bonds. The van der Waals surface area contributed by atoms with Gasteiger partial charge in [-0.15, -0.1) is 0 Å². The summed E-state index contributed by atoms with van der Waals surface area (Å²) in [5, 5.41) is 2.52. The number of carbonyl (C=O) groups is 2. The van der Waals surface area contributed by atoms with Crippen LogP contribution in [0.5, 0.6) is 0 Å². The lowest BCUT2D eigenvalue weighted by atomic mass is 10.0. The van der Waals surface area contributed by atoms with Crippen LogP contribution < -0.4 is 11.1 Å². The van der Waals surface area contributed by atoms with Crippen molar-refractivity contribution < 1.29 is 18.4 Å². The van der Waals surface area contributed by atoms with E-state index in [-0.39, 0.29) is 12.8 Å². The highest BCUT2D eigenvalue weighted by molar-refractivity contribution is 5.87. The third-order valence-corrected chi connectivity index (χ3v) is 3.31. The van der Waals surface area contributed by atoms with Crippen molar-refractivity contribution in [2.24, 2.45) is 5.73 Å². The van der Waals surface area contributed by atoms with Crippen molar-refractivity contribution in [3.63, 3.8) is 0 Å². The zero-order chi connectivity index (χ0) is 16.8. The van der Waals surface area contributed by atoms with Crippen molar-refractivity contribution in [3.8, 4) is 0 Å².